The van der Waals surface area contributed by atoms with Gasteiger partial charge < -0.3 is 9.47 Å². The average Bonchev–Trinajstić information content (AvgIpc) is 3.11. The second-order valence-corrected chi connectivity index (χ2v) is 6.36. The maximum absolute atomic E-state index is 5.85. The van der Waals surface area contributed by atoms with Gasteiger partial charge in [0.2, 0.25) is 0 Å². The van der Waals surface area contributed by atoms with Crippen molar-refractivity contribution in [3.63, 3.8) is 0 Å². The smallest absolute Gasteiger partial charge is 0.119 e. The third-order valence-electron chi connectivity index (χ3n) is 4.59. The van der Waals surface area contributed by atoms with Crippen molar-refractivity contribution in [2.24, 2.45) is 0 Å². The average molecular weight is 349 g/mol. The van der Waals surface area contributed by atoms with Crippen LogP contribution in [0.1, 0.15) is 11.3 Å². The van der Waals surface area contributed by atoms with Crippen LogP contribution in [-0.4, -0.2) is 54.6 Å². The van der Waals surface area contributed by atoms with Crippen molar-refractivity contribution in [3.05, 3.63) is 59.8 Å². The number of benzene rings is 2. The van der Waals surface area contributed by atoms with E-state index < -0.39 is 0 Å². The van der Waals surface area contributed by atoms with Gasteiger partial charge in [-0.3, -0.25) is 10.00 Å². The van der Waals surface area contributed by atoms with Crippen molar-refractivity contribution in [1.82, 2.24) is 15.1 Å². The maximum Gasteiger partial charge on any atom is 0.119 e. The first kappa shape index (κ1) is 16.8. The van der Waals surface area contributed by atoms with Crippen molar-refractivity contribution < 1.29 is 9.47 Å². The standard InChI is InChI=1S/C21H23N3O2/c1-2-4-20-19(3-1)21(23-22-20)10-7-17-5-8-18(9-6-17)26-16-13-24-11-14-25-15-12-24/h1-10H,11-16H2,(H,22,23). The molecule has 1 aliphatic heterocycles. The molecule has 1 fully saturated rings. The highest BCUT2D eigenvalue weighted by atomic mass is 16.5. The molecular formula is C21H23N3O2. The van der Waals surface area contributed by atoms with Gasteiger partial charge in [0.15, 0.2) is 0 Å². The number of hydrogen-bond acceptors (Lipinski definition) is 4. The van der Waals surface area contributed by atoms with Crippen LogP contribution in [0.2, 0.25) is 0 Å². The lowest BCUT2D eigenvalue weighted by Gasteiger charge is -2.26. The van der Waals surface area contributed by atoms with E-state index in [1.54, 1.807) is 0 Å². The Labute approximate surface area is 153 Å². The fourth-order valence-corrected chi connectivity index (χ4v) is 3.08. The van der Waals surface area contributed by atoms with Crippen LogP contribution in [0.4, 0.5) is 0 Å². The van der Waals surface area contributed by atoms with Crippen molar-refractivity contribution in [3.8, 4) is 5.75 Å². The number of aromatic amines is 1. The van der Waals surface area contributed by atoms with Crippen molar-refractivity contribution in [2.45, 2.75) is 0 Å². The summed E-state index contributed by atoms with van der Waals surface area (Å²) in [5, 5.41) is 8.54. The second-order valence-electron chi connectivity index (χ2n) is 6.36. The van der Waals surface area contributed by atoms with E-state index in [0.29, 0.717) is 6.61 Å². The summed E-state index contributed by atoms with van der Waals surface area (Å²) < 4.78 is 11.2. The van der Waals surface area contributed by atoms with E-state index in [1.807, 2.05) is 36.4 Å². The Balaban J connectivity index is 1.32. The predicted molar refractivity (Wildman–Crippen MR) is 104 cm³/mol. The monoisotopic (exact) mass is 349 g/mol. The summed E-state index contributed by atoms with van der Waals surface area (Å²) in [5.74, 6) is 0.903. The summed E-state index contributed by atoms with van der Waals surface area (Å²) in [5.41, 5.74) is 3.13. The van der Waals surface area contributed by atoms with E-state index >= 15 is 0 Å². The van der Waals surface area contributed by atoms with Crippen LogP contribution in [0.3, 0.4) is 0 Å². The molecule has 0 aliphatic carbocycles. The molecule has 26 heavy (non-hydrogen) atoms. The number of aromatic nitrogens is 2. The molecule has 0 atom stereocenters. The van der Waals surface area contributed by atoms with Gasteiger partial charge >= 0.3 is 0 Å². The van der Waals surface area contributed by atoms with Crippen LogP contribution in [0.15, 0.2) is 48.5 Å². The Morgan fingerprint density at radius 1 is 1.04 bits per heavy atom. The molecule has 0 saturated carbocycles. The fraction of sp³-hybridized carbons (Fsp3) is 0.286. The lowest BCUT2D eigenvalue weighted by atomic mass is 10.1. The third-order valence-corrected chi connectivity index (χ3v) is 4.59. The number of hydrogen-bond donors (Lipinski definition) is 1. The lowest BCUT2D eigenvalue weighted by molar-refractivity contribution is 0.0322. The summed E-state index contributed by atoms with van der Waals surface area (Å²) in [6.07, 6.45) is 4.10. The minimum Gasteiger partial charge on any atom is -0.492 e. The van der Waals surface area contributed by atoms with Gasteiger partial charge in [-0.1, -0.05) is 36.4 Å². The molecule has 0 spiro atoms. The van der Waals surface area contributed by atoms with Gasteiger partial charge in [-0.2, -0.15) is 5.10 Å². The normalized spacial score (nSPS) is 15.7. The SMILES string of the molecule is C(=Cc1n[nH]c2ccccc12)c1ccc(OCCN2CCOCC2)cc1. The van der Waals surface area contributed by atoms with Gasteiger partial charge in [0, 0.05) is 25.0 Å². The molecular weight excluding hydrogens is 326 g/mol. The lowest BCUT2D eigenvalue weighted by Crippen LogP contribution is -2.38. The van der Waals surface area contributed by atoms with Gasteiger partial charge in [0.05, 0.1) is 24.4 Å². The van der Waals surface area contributed by atoms with Gasteiger partial charge in [-0.25, -0.2) is 0 Å². The number of nitrogens with one attached hydrogen (secondary N) is 1. The predicted octanol–water partition coefficient (Wildman–Crippen LogP) is 3.44. The highest BCUT2D eigenvalue weighted by Crippen LogP contribution is 2.19. The number of fused-ring (bicyclic) bond motifs is 1. The number of morpholine rings is 1. The summed E-state index contributed by atoms with van der Waals surface area (Å²) in [4.78, 5) is 2.37. The maximum atomic E-state index is 5.85. The molecule has 2 aromatic carbocycles. The van der Waals surface area contributed by atoms with E-state index in [-0.39, 0.29) is 0 Å². The Morgan fingerprint density at radius 2 is 1.85 bits per heavy atom. The molecule has 1 aliphatic rings. The van der Waals surface area contributed by atoms with Crippen molar-refractivity contribution in [2.75, 3.05) is 39.5 Å². The highest BCUT2D eigenvalue weighted by Gasteiger charge is 2.09. The van der Waals surface area contributed by atoms with E-state index in [0.717, 1.165) is 60.8 Å². The first-order chi connectivity index (χ1) is 12.9. The molecule has 4 rings (SSSR count). The summed E-state index contributed by atoms with van der Waals surface area (Å²) in [7, 11) is 0. The number of rotatable bonds is 6. The Hall–Kier alpha value is -2.63. The topological polar surface area (TPSA) is 50.4 Å². The van der Waals surface area contributed by atoms with Gasteiger partial charge in [0.25, 0.3) is 0 Å². The second kappa shape index (κ2) is 8.17. The highest BCUT2D eigenvalue weighted by molar-refractivity contribution is 5.89. The molecule has 3 aromatic rings. The van der Waals surface area contributed by atoms with Crippen molar-refractivity contribution in [1.29, 1.82) is 0 Å². The molecule has 2 heterocycles. The zero-order chi connectivity index (χ0) is 17.6. The largest absolute Gasteiger partial charge is 0.492 e. The van der Waals surface area contributed by atoms with Crippen LogP contribution in [0, 0.1) is 0 Å². The molecule has 0 bridgehead atoms. The van der Waals surface area contributed by atoms with Gasteiger partial charge in [0.1, 0.15) is 12.4 Å². The first-order valence-corrected chi connectivity index (χ1v) is 9.03. The van der Waals surface area contributed by atoms with Crippen molar-refractivity contribution >= 4 is 23.1 Å². The van der Waals surface area contributed by atoms with E-state index in [2.05, 4.69) is 39.4 Å². The Kier molecular flexibility index (Phi) is 5.28. The molecule has 1 N–H and O–H groups in total. The molecule has 5 nitrogen and oxygen atoms in total. The molecule has 0 radical (unpaired) electrons. The summed E-state index contributed by atoms with van der Waals surface area (Å²) >= 11 is 0. The molecule has 1 aromatic heterocycles. The van der Waals surface area contributed by atoms with E-state index in [1.165, 1.54) is 0 Å². The third kappa shape index (κ3) is 4.12. The minimum atomic E-state index is 0.703. The zero-order valence-corrected chi connectivity index (χ0v) is 14.7. The summed E-state index contributed by atoms with van der Waals surface area (Å²) in [6, 6.07) is 16.3. The Morgan fingerprint density at radius 3 is 2.69 bits per heavy atom. The molecule has 134 valence electrons. The Bertz CT molecular complexity index is 864. The van der Waals surface area contributed by atoms with Crippen LogP contribution in [0.5, 0.6) is 5.75 Å². The van der Waals surface area contributed by atoms with E-state index in [9.17, 15) is 0 Å². The van der Waals surface area contributed by atoms with E-state index in [4.69, 9.17) is 9.47 Å². The molecule has 5 heteroatoms. The fourth-order valence-electron chi connectivity index (χ4n) is 3.08. The molecule has 0 unspecified atom stereocenters. The number of H-pyrrole nitrogens is 1. The first-order valence-electron chi connectivity index (χ1n) is 9.03. The summed E-state index contributed by atoms with van der Waals surface area (Å²) in [6.45, 7) is 5.29. The molecule has 1 saturated heterocycles. The quantitative estimate of drug-likeness (QED) is 0.741. The number of para-hydroxylation sites is 1. The minimum absolute atomic E-state index is 0.703. The number of nitrogens with zero attached hydrogens (tertiary/aromatic N) is 2. The van der Waals surface area contributed by atoms with Gasteiger partial charge in [-0.15, -0.1) is 0 Å². The molecule has 0 amide bonds. The van der Waals surface area contributed by atoms with Crippen LogP contribution < -0.4 is 4.74 Å². The van der Waals surface area contributed by atoms with Crippen LogP contribution >= 0.6 is 0 Å². The van der Waals surface area contributed by atoms with Crippen LogP contribution in [0.25, 0.3) is 23.1 Å². The zero-order valence-electron chi connectivity index (χ0n) is 14.7. The van der Waals surface area contributed by atoms with Gasteiger partial charge in [-0.05, 0) is 29.8 Å². The number of ether oxygens (including phenoxy) is 2. The van der Waals surface area contributed by atoms with Crippen LogP contribution in [-0.2, 0) is 4.74 Å².